The lowest BCUT2D eigenvalue weighted by molar-refractivity contribution is 0.100. The van der Waals surface area contributed by atoms with Crippen molar-refractivity contribution in [2.24, 2.45) is 4.99 Å². The summed E-state index contributed by atoms with van der Waals surface area (Å²) in [6.45, 7) is 3.63. The summed E-state index contributed by atoms with van der Waals surface area (Å²) in [6, 6.07) is 14.6. The Morgan fingerprint density at radius 2 is 2.04 bits per heavy atom. The van der Waals surface area contributed by atoms with Gasteiger partial charge in [-0.2, -0.15) is 0 Å². The highest BCUT2D eigenvalue weighted by Gasteiger charge is 2.29. The zero-order valence-corrected chi connectivity index (χ0v) is 16.5. The molecule has 0 saturated carbocycles. The molecule has 0 spiro atoms. The molecule has 1 N–H and O–H groups in total. The van der Waals surface area contributed by atoms with E-state index in [4.69, 9.17) is 21.3 Å². The van der Waals surface area contributed by atoms with Crippen molar-refractivity contribution in [3.63, 3.8) is 0 Å². The Bertz CT molecular complexity index is 854. The molecule has 1 fully saturated rings. The van der Waals surface area contributed by atoms with Crippen LogP contribution >= 0.6 is 11.6 Å². The molecule has 4 rings (SSSR count). The molecule has 2 aromatic rings. The minimum absolute atomic E-state index is 0.440. The number of nitrogens with zero attached hydrogens (tertiary/aromatic N) is 3. The van der Waals surface area contributed by atoms with Crippen LogP contribution in [0.15, 0.2) is 47.5 Å². The maximum Gasteiger partial charge on any atom is 0.138 e. The van der Waals surface area contributed by atoms with Gasteiger partial charge in [0, 0.05) is 55.7 Å². The van der Waals surface area contributed by atoms with Crippen molar-refractivity contribution in [3.05, 3.63) is 53.1 Å². The summed E-state index contributed by atoms with van der Waals surface area (Å²) in [4.78, 5) is 9.86. The van der Waals surface area contributed by atoms with Gasteiger partial charge in [0.15, 0.2) is 0 Å². The number of halogens is 1. The van der Waals surface area contributed by atoms with Gasteiger partial charge in [0.25, 0.3) is 0 Å². The molecule has 2 heterocycles. The number of nitrogens with one attached hydrogen (secondary N) is 1. The van der Waals surface area contributed by atoms with Gasteiger partial charge in [-0.3, -0.25) is 4.90 Å². The van der Waals surface area contributed by atoms with Gasteiger partial charge in [0.2, 0.25) is 0 Å². The SMILES string of the molecule is COCC[C@H]1CN(C2=Nc3ccccc3Nc3ccc(Cl)cc32)CCN1C. The number of methoxy groups -OCH3 is 1. The van der Waals surface area contributed by atoms with Crippen LogP contribution in [0.25, 0.3) is 0 Å². The summed E-state index contributed by atoms with van der Waals surface area (Å²) in [5.41, 5.74) is 4.05. The Morgan fingerprint density at radius 1 is 1.19 bits per heavy atom. The third kappa shape index (κ3) is 3.81. The summed E-state index contributed by atoms with van der Waals surface area (Å²) in [5, 5.41) is 4.24. The number of piperazine rings is 1. The number of benzene rings is 2. The second-order valence-electron chi connectivity index (χ2n) is 7.13. The molecule has 142 valence electrons. The summed E-state index contributed by atoms with van der Waals surface area (Å²) in [5.74, 6) is 0.987. The molecular formula is C21H25ClN4O. The van der Waals surface area contributed by atoms with Crippen molar-refractivity contribution in [2.75, 3.05) is 45.7 Å². The Morgan fingerprint density at radius 3 is 2.89 bits per heavy atom. The van der Waals surface area contributed by atoms with Gasteiger partial charge in [-0.25, -0.2) is 4.99 Å². The maximum absolute atomic E-state index is 6.34. The fraction of sp³-hybridized carbons (Fsp3) is 0.381. The topological polar surface area (TPSA) is 40.1 Å². The average Bonchev–Trinajstić information content (AvgIpc) is 2.84. The van der Waals surface area contributed by atoms with E-state index in [1.807, 2.05) is 36.4 Å². The van der Waals surface area contributed by atoms with E-state index in [2.05, 4.69) is 28.2 Å². The van der Waals surface area contributed by atoms with E-state index in [1.165, 1.54) is 0 Å². The molecule has 0 aliphatic carbocycles. The lowest BCUT2D eigenvalue weighted by Gasteiger charge is -2.41. The predicted octanol–water partition coefficient (Wildman–Crippen LogP) is 4.13. The van der Waals surface area contributed by atoms with Gasteiger partial charge in [0.05, 0.1) is 11.4 Å². The van der Waals surface area contributed by atoms with Gasteiger partial charge in [-0.15, -0.1) is 0 Å². The number of likely N-dealkylation sites (N-methyl/N-ethyl adjacent to an activating group) is 1. The first kappa shape index (κ1) is 18.3. The van der Waals surface area contributed by atoms with E-state index in [0.717, 1.165) is 66.1 Å². The second-order valence-corrected chi connectivity index (χ2v) is 7.57. The van der Waals surface area contributed by atoms with Gasteiger partial charge < -0.3 is 15.0 Å². The molecule has 0 radical (unpaired) electrons. The molecule has 0 unspecified atom stereocenters. The van der Waals surface area contributed by atoms with Crippen molar-refractivity contribution >= 4 is 34.5 Å². The first-order chi connectivity index (χ1) is 13.2. The maximum atomic E-state index is 6.34. The highest BCUT2D eigenvalue weighted by Crippen LogP contribution is 2.36. The molecule has 0 bridgehead atoms. The van der Waals surface area contributed by atoms with Gasteiger partial charge in [0.1, 0.15) is 5.84 Å². The van der Waals surface area contributed by atoms with Crippen LogP contribution < -0.4 is 5.32 Å². The van der Waals surface area contributed by atoms with E-state index < -0.39 is 0 Å². The first-order valence-corrected chi connectivity index (χ1v) is 9.72. The highest BCUT2D eigenvalue weighted by molar-refractivity contribution is 6.31. The number of hydrogen-bond donors (Lipinski definition) is 1. The molecule has 5 nitrogen and oxygen atoms in total. The van der Waals surface area contributed by atoms with E-state index in [-0.39, 0.29) is 0 Å². The molecule has 27 heavy (non-hydrogen) atoms. The highest BCUT2D eigenvalue weighted by atomic mass is 35.5. The molecule has 6 heteroatoms. The van der Waals surface area contributed by atoms with Crippen LogP contribution in [-0.4, -0.2) is 62.1 Å². The monoisotopic (exact) mass is 384 g/mol. The van der Waals surface area contributed by atoms with E-state index in [0.29, 0.717) is 6.04 Å². The summed E-state index contributed by atoms with van der Waals surface area (Å²) in [6.07, 6.45) is 1.01. The van der Waals surface area contributed by atoms with Crippen molar-refractivity contribution in [1.29, 1.82) is 0 Å². The number of fused-ring (bicyclic) bond motifs is 2. The van der Waals surface area contributed by atoms with Crippen molar-refractivity contribution in [3.8, 4) is 0 Å². The number of ether oxygens (including phenoxy) is 1. The molecule has 2 aromatic carbocycles. The van der Waals surface area contributed by atoms with Crippen LogP contribution in [0.2, 0.25) is 5.02 Å². The third-order valence-corrected chi connectivity index (χ3v) is 5.59. The van der Waals surface area contributed by atoms with Crippen molar-refractivity contribution in [1.82, 2.24) is 9.80 Å². The fourth-order valence-corrected chi connectivity index (χ4v) is 3.92. The van der Waals surface area contributed by atoms with E-state index >= 15 is 0 Å². The van der Waals surface area contributed by atoms with Gasteiger partial charge in [-0.05, 0) is 43.8 Å². The van der Waals surface area contributed by atoms with Crippen LogP contribution in [0.1, 0.15) is 12.0 Å². The molecule has 1 atom stereocenters. The minimum atomic E-state index is 0.440. The number of para-hydroxylation sites is 2. The van der Waals surface area contributed by atoms with Crippen LogP contribution in [0.3, 0.4) is 0 Å². The lowest BCUT2D eigenvalue weighted by Crippen LogP contribution is -2.53. The summed E-state index contributed by atoms with van der Waals surface area (Å²) >= 11 is 6.34. The molecule has 0 amide bonds. The van der Waals surface area contributed by atoms with Crippen LogP contribution in [-0.2, 0) is 4.74 Å². The van der Waals surface area contributed by atoms with Gasteiger partial charge in [-0.1, -0.05) is 23.7 Å². The summed E-state index contributed by atoms with van der Waals surface area (Å²) in [7, 11) is 3.95. The van der Waals surface area contributed by atoms with Crippen LogP contribution in [0.4, 0.5) is 17.1 Å². The largest absolute Gasteiger partial charge is 0.385 e. The summed E-state index contributed by atoms with van der Waals surface area (Å²) < 4.78 is 5.31. The smallest absolute Gasteiger partial charge is 0.138 e. The molecule has 1 saturated heterocycles. The van der Waals surface area contributed by atoms with E-state index in [1.54, 1.807) is 7.11 Å². The first-order valence-electron chi connectivity index (χ1n) is 9.34. The zero-order valence-electron chi connectivity index (χ0n) is 15.8. The number of rotatable bonds is 3. The Labute approximate surface area is 165 Å². The lowest BCUT2D eigenvalue weighted by atomic mass is 10.1. The Balaban J connectivity index is 1.73. The number of amidine groups is 1. The fourth-order valence-electron chi connectivity index (χ4n) is 3.75. The molecule has 0 aromatic heterocycles. The molecule has 2 aliphatic rings. The normalized spacial score (nSPS) is 19.6. The standard InChI is InChI=1S/C21H25ClN4O/c1-25-10-11-26(14-16(25)9-12-27-2)21-17-13-15(22)7-8-18(17)23-19-5-3-4-6-20(19)24-21/h3-8,13,16,23H,9-12,14H2,1-2H3/t16-/m0/s1. The quantitative estimate of drug-likeness (QED) is 0.863. The van der Waals surface area contributed by atoms with Crippen molar-refractivity contribution < 1.29 is 4.74 Å². The number of anilines is 2. The Hall–Kier alpha value is -2.08. The molecule has 2 aliphatic heterocycles. The third-order valence-electron chi connectivity index (χ3n) is 5.35. The van der Waals surface area contributed by atoms with Crippen LogP contribution in [0, 0.1) is 0 Å². The van der Waals surface area contributed by atoms with Crippen molar-refractivity contribution in [2.45, 2.75) is 12.5 Å². The van der Waals surface area contributed by atoms with E-state index in [9.17, 15) is 0 Å². The minimum Gasteiger partial charge on any atom is -0.385 e. The predicted molar refractivity (Wildman–Crippen MR) is 112 cm³/mol. The number of hydrogen-bond acceptors (Lipinski definition) is 5. The Kier molecular flexibility index (Phi) is 5.34. The average molecular weight is 385 g/mol. The second kappa shape index (κ2) is 7.89. The van der Waals surface area contributed by atoms with Crippen LogP contribution in [0.5, 0.6) is 0 Å². The zero-order chi connectivity index (χ0) is 18.8. The molecular weight excluding hydrogens is 360 g/mol. The number of aliphatic imine (C=N–C) groups is 1. The van der Waals surface area contributed by atoms with Gasteiger partial charge >= 0.3 is 0 Å².